The van der Waals surface area contributed by atoms with E-state index in [9.17, 15) is 27.6 Å². The predicted octanol–water partition coefficient (Wildman–Crippen LogP) is 2.97. The zero-order valence-electron chi connectivity index (χ0n) is 21.3. The first-order valence-corrected chi connectivity index (χ1v) is 12.0. The van der Waals surface area contributed by atoms with Crippen LogP contribution in [0, 0.1) is 12.7 Å². The van der Waals surface area contributed by atoms with Crippen molar-refractivity contribution < 1.29 is 36.9 Å². The maximum atomic E-state index is 13.9. The molecule has 2 aromatic heterocycles. The van der Waals surface area contributed by atoms with Crippen LogP contribution in [-0.2, 0) is 9.53 Å². The second-order valence-electron chi connectivity index (χ2n) is 8.43. The smallest absolute Gasteiger partial charge is 0.318 e. The third kappa shape index (κ3) is 8.38. The summed E-state index contributed by atoms with van der Waals surface area (Å²) in [5, 5.41) is 14.1. The number of urea groups is 1. The molecule has 0 aliphatic carbocycles. The summed E-state index contributed by atoms with van der Waals surface area (Å²) in [6, 6.07) is 7.59. The van der Waals surface area contributed by atoms with Crippen molar-refractivity contribution in [1.82, 2.24) is 30.8 Å². The zero-order chi connectivity index (χ0) is 29.3. The quantitative estimate of drug-likeness (QED) is 0.366. The molecule has 12 nitrogen and oxygen atoms in total. The highest BCUT2D eigenvalue weighted by molar-refractivity contribution is 6.30. The summed E-state index contributed by atoms with van der Waals surface area (Å²) in [6.45, 7) is -0.439. The van der Waals surface area contributed by atoms with E-state index in [1.165, 1.54) is 44.5 Å². The normalized spacial score (nSPS) is 14.8. The number of alkyl halides is 2. The van der Waals surface area contributed by atoms with E-state index in [0.717, 1.165) is 4.90 Å². The maximum absolute atomic E-state index is 13.9. The Balaban J connectivity index is 0.000000472. The van der Waals surface area contributed by atoms with Crippen molar-refractivity contribution in [1.29, 1.82) is 0 Å². The number of pyridine rings is 1. The lowest BCUT2D eigenvalue weighted by molar-refractivity contribution is -0.115. The van der Waals surface area contributed by atoms with Gasteiger partial charge in [-0.1, -0.05) is 28.9 Å². The minimum absolute atomic E-state index is 0.0445. The number of rotatable bonds is 8. The Morgan fingerprint density at radius 3 is 2.65 bits per heavy atom. The molecule has 3 heterocycles. The predicted molar refractivity (Wildman–Crippen MR) is 135 cm³/mol. The van der Waals surface area contributed by atoms with Gasteiger partial charge in [0.15, 0.2) is 5.69 Å². The molecule has 0 radical (unpaired) electrons. The molecular formula is C24H25ClF3N7O5. The van der Waals surface area contributed by atoms with Crippen LogP contribution in [0.4, 0.5) is 23.8 Å². The molecule has 1 unspecified atom stereocenters. The standard InChI is InChI=1S/C18H21F2N7O5.C6H4ClF/c1-10-15(26-32-25-10)16(29)22-6-14(28)24-13-5-11(3-4-21-13)12(7-31-2)27-9-18(19,20)8-23-17(27)30;7-5-3-1-2-4-6(5)8/h3-5,12H,6-9H2,1-2H3,(H,22,29)(H,23,30)(H,21,24,28);1-4H. The largest absolute Gasteiger partial charge is 0.382 e. The fourth-order valence-electron chi connectivity index (χ4n) is 3.49. The van der Waals surface area contributed by atoms with Crippen LogP contribution in [0.3, 0.4) is 0 Å². The number of halogens is 4. The van der Waals surface area contributed by atoms with Crippen LogP contribution in [0.5, 0.6) is 0 Å². The number of benzene rings is 1. The van der Waals surface area contributed by atoms with E-state index in [4.69, 9.17) is 16.3 Å². The van der Waals surface area contributed by atoms with Crippen molar-refractivity contribution in [3.05, 3.63) is 70.4 Å². The molecule has 1 atom stereocenters. The number of methoxy groups -OCH3 is 1. The molecule has 0 bridgehead atoms. The van der Waals surface area contributed by atoms with E-state index < -0.39 is 42.9 Å². The van der Waals surface area contributed by atoms with Crippen molar-refractivity contribution >= 4 is 35.3 Å². The van der Waals surface area contributed by atoms with Crippen LogP contribution in [0.15, 0.2) is 47.2 Å². The van der Waals surface area contributed by atoms with Gasteiger partial charge in [-0.2, -0.15) is 0 Å². The van der Waals surface area contributed by atoms with Crippen LogP contribution >= 0.6 is 11.6 Å². The fourth-order valence-corrected chi connectivity index (χ4v) is 3.63. The number of hydrogen-bond acceptors (Lipinski definition) is 8. The van der Waals surface area contributed by atoms with E-state index in [1.54, 1.807) is 12.1 Å². The number of aromatic nitrogens is 3. The number of aryl methyl sites for hydroxylation is 1. The molecule has 1 saturated heterocycles. The van der Waals surface area contributed by atoms with Gasteiger partial charge in [-0.3, -0.25) is 9.59 Å². The lowest BCUT2D eigenvalue weighted by Crippen LogP contribution is -2.58. The second kappa shape index (κ2) is 13.7. The van der Waals surface area contributed by atoms with Crippen LogP contribution in [0.1, 0.15) is 27.8 Å². The fraction of sp³-hybridized carbons (Fsp3) is 0.333. The van der Waals surface area contributed by atoms with Crippen LogP contribution in [0.25, 0.3) is 0 Å². The second-order valence-corrected chi connectivity index (χ2v) is 8.84. The summed E-state index contributed by atoms with van der Waals surface area (Å²) < 4.78 is 49.5. The molecule has 3 aromatic rings. The summed E-state index contributed by atoms with van der Waals surface area (Å²) in [5.74, 6) is -4.60. The van der Waals surface area contributed by atoms with Gasteiger partial charge in [0, 0.05) is 13.3 Å². The molecule has 16 heteroatoms. The molecule has 3 N–H and O–H groups in total. The average molecular weight is 584 g/mol. The van der Waals surface area contributed by atoms with Gasteiger partial charge in [0.25, 0.3) is 11.8 Å². The Labute approximate surface area is 231 Å². The van der Waals surface area contributed by atoms with Crippen LogP contribution in [-0.4, -0.2) is 77.3 Å². The molecule has 1 aromatic carbocycles. The van der Waals surface area contributed by atoms with E-state index in [1.807, 2.05) is 0 Å². The molecule has 1 fully saturated rings. The van der Waals surface area contributed by atoms with Crippen LogP contribution < -0.4 is 16.0 Å². The zero-order valence-corrected chi connectivity index (χ0v) is 22.0. The molecule has 0 spiro atoms. The minimum atomic E-state index is -3.10. The van der Waals surface area contributed by atoms with Gasteiger partial charge in [0.2, 0.25) is 5.91 Å². The Morgan fingerprint density at radius 2 is 2.02 bits per heavy atom. The summed E-state index contributed by atoms with van der Waals surface area (Å²) >= 11 is 5.33. The monoisotopic (exact) mass is 583 g/mol. The number of nitrogens with zero attached hydrogens (tertiary/aromatic N) is 4. The lowest BCUT2D eigenvalue weighted by atomic mass is 10.1. The van der Waals surface area contributed by atoms with Crippen molar-refractivity contribution in [2.45, 2.75) is 18.9 Å². The van der Waals surface area contributed by atoms with Crippen molar-refractivity contribution in [2.24, 2.45) is 0 Å². The summed E-state index contributed by atoms with van der Waals surface area (Å²) in [5.41, 5.74) is 0.657. The Bertz CT molecular complexity index is 1320. The average Bonchev–Trinajstić information content (AvgIpc) is 3.35. The highest BCUT2D eigenvalue weighted by atomic mass is 35.5. The van der Waals surface area contributed by atoms with Gasteiger partial charge in [-0.25, -0.2) is 27.6 Å². The SMILES string of the molecule is COCC(c1ccnc(NC(=O)CNC(=O)c2nonc2C)c1)N1CC(F)(F)CNC1=O.Fc1ccccc1Cl. The van der Waals surface area contributed by atoms with Gasteiger partial charge in [-0.05, 0) is 41.9 Å². The molecule has 40 heavy (non-hydrogen) atoms. The molecule has 1 aliphatic heterocycles. The molecule has 4 rings (SSSR count). The number of carbonyl (C=O) groups is 3. The lowest BCUT2D eigenvalue weighted by Gasteiger charge is -2.38. The van der Waals surface area contributed by atoms with Gasteiger partial charge in [-0.15, -0.1) is 0 Å². The third-order valence-corrected chi connectivity index (χ3v) is 5.71. The highest BCUT2D eigenvalue weighted by Crippen LogP contribution is 2.28. The number of nitrogens with one attached hydrogen (secondary N) is 3. The molecular weight excluding hydrogens is 559 g/mol. The Morgan fingerprint density at radius 1 is 1.27 bits per heavy atom. The van der Waals surface area contributed by atoms with Gasteiger partial charge < -0.3 is 25.6 Å². The Kier molecular flexibility index (Phi) is 10.4. The number of amides is 4. The van der Waals surface area contributed by atoms with Gasteiger partial charge in [0.1, 0.15) is 17.3 Å². The van der Waals surface area contributed by atoms with Crippen LogP contribution in [0.2, 0.25) is 5.02 Å². The summed E-state index contributed by atoms with van der Waals surface area (Å²) in [4.78, 5) is 41.3. The molecule has 0 saturated carbocycles. The van der Waals surface area contributed by atoms with E-state index in [0.29, 0.717) is 5.56 Å². The van der Waals surface area contributed by atoms with Gasteiger partial charge in [0.05, 0.1) is 37.3 Å². The first-order valence-electron chi connectivity index (χ1n) is 11.6. The Hall–Kier alpha value is -4.24. The van der Waals surface area contributed by atoms with E-state index in [2.05, 4.69) is 35.9 Å². The molecule has 1 aliphatic rings. The first kappa shape index (κ1) is 30.3. The summed E-state index contributed by atoms with van der Waals surface area (Å²) in [6.07, 6.45) is 1.36. The van der Waals surface area contributed by atoms with Crippen molar-refractivity contribution in [2.75, 3.05) is 38.7 Å². The number of hydrogen-bond donors (Lipinski definition) is 3. The summed E-state index contributed by atoms with van der Waals surface area (Å²) in [7, 11) is 1.38. The number of ether oxygens (including phenoxy) is 1. The van der Waals surface area contributed by atoms with E-state index >= 15 is 0 Å². The minimum Gasteiger partial charge on any atom is -0.382 e. The number of carbonyl (C=O) groups excluding carboxylic acids is 3. The maximum Gasteiger partial charge on any atom is 0.318 e. The third-order valence-electron chi connectivity index (χ3n) is 5.40. The van der Waals surface area contributed by atoms with Gasteiger partial charge >= 0.3 is 6.03 Å². The first-order chi connectivity index (χ1) is 19.0. The number of anilines is 1. The molecule has 214 valence electrons. The topological polar surface area (TPSA) is 152 Å². The van der Waals surface area contributed by atoms with E-state index in [-0.39, 0.29) is 41.2 Å². The van der Waals surface area contributed by atoms with Crippen molar-refractivity contribution in [3.63, 3.8) is 0 Å². The molecule has 4 amide bonds. The van der Waals surface area contributed by atoms with Crippen molar-refractivity contribution in [3.8, 4) is 0 Å². The highest BCUT2D eigenvalue weighted by Gasteiger charge is 2.42.